The van der Waals surface area contributed by atoms with E-state index in [1.165, 1.54) is 32.1 Å². The summed E-state index contributed by atoms with van der Waals surface area (Å²) in [4.78, 5) is 14.7. The summed E-state index contributed by atoms with van der Waals surface area (Å²) in [7, 11) is 1.94. The minimum Gasteiger partial charge on any atom is -0.395 e. The molecular formula is C16H24N4O. The molecule has 5 heteroatoms. The Balaban J connectivity index is 1.58. The zero-order valence-electron chi connectivity index (χ0n) is 12.8. The van der Waals surface area contributed by atoms with Crippen LogP contribution in [0, 0.1) is 30.6 Å². The fourth-order valence-electron chi connectivity index (χ4n) is 5.43. The summed E-state index contributed by atoms with van der Waals surface area (Å²) in [5, 5.41) is 6.93. The first-order valence-corrected chi connectivity index (χ1v) is 8.12. The van der Waals surface area contributed by atoms with E-state index in [2.05, 4.69) is 10.2 Å². The van der Waals surface area contributed by atoms with Crippen LogP contribution in [-0.4, -0.2) is 34.1 Å². The number of nitrogens with zero attached hydrogens (tertiary/aromatic N) is 2. The van der Waals surface area contributed by atoms with E-state index < -0.39 is 0 Å². The van der Waals surface area contributed by atoms with Gasteiger partial charge in [-0.15, -0.1) is 0 Å². The van der Waals surface area contributed by atoms with Crippen LogP contribution in [0.1, 0.15) is 48.3 Å². The highest BCUT2D eigenvalue weighted by atomic mass is 16.2. The molecule has 21 heavy (non-hydrogen) atoms. The maximum atomic E-state index is 12.8. The number of anilines is 1. The van der Waals surface area contributed by atoms with Crippen molar-refractivity contribution in [3.8, 4) is 0 Å². The van der Waals surface area contributed by atoms with Crippen molar-refractivity contribution >= 4 is 11.6 Å². The molecule has 5 rings (SSSR count). The van der Waals surface area contributed by atoms with Crippen molar-refractivity contribution < 1.29 is 4.79 Å². The maximum Gasteiger partial charge on any atom is 0.276 e. The SMILES string of the molecule is Cc1[nH]nc(C(=O)N(C)C2C3CC4CC(C3)CC2C4)c1N. The highest BCUT2D eigenvalue weighted by Gasteiger charge is 2.50. The predicted octanol–water partition coefficient (Wildman–Crippen LogP) is 2.20. The third kappa shape index (κ3) is 1.89. The predicted molar refractivity (Wildman–Crippen MR) is 80.7 cm³/mol. The molecule has 4 aliphatic carbocycles. The molecule has 0 saturated heterocycles. The average Bonchev–Trinajstić information content (AvgIpc) is 2.77. The van der Waals surface area contributed by atoms with E-state index in [0.29, 0.717) is 29.3 Å². The standard InChI is InChI=1S/C16H24N4O/c1-8-13(17)14(19-18-8)16(21)20(2)15-11-4-9-3-10(6-11)7-12(15)5-9/h9-12,15H,3-7,17H2,1-2H3,(H,18,19). The number of aromatic nitrogens is 2. The second kappa shape index (κ2) is 4.49. The van der Waals surface area contributed by atoms with Crippen molar-refractivity contribution in [2.45, 2.75) is 45.1 Å². The second-order valence-electron chi connectivity index (χ2n) is 7.45. The zero-order chi connectivity index (χ0) is 14.7. The number of aryl methyl sites for hydroxylation is 1. The monoisotopic (exact) mass is 288 g/mol. The van der Waals surface area contributed by atoms with E-state index in [1.54, 1.807) is 0 Å². The highest BCUT2D eigenvalue weighted by Crippen LogP contribution is 2.55. The lowest BCUT2D eigenvalue weighted by Gasteiger charge is -2.56. The molecule has 0 radical (unpaired) electrons. The minimum atomic E-state index is -0.0191. The molecule has 1 heterocycles. The van der Waals surface area contributed by atoms with E-state index in [1.807, 2.05) is 18.9 Å². The van der Waals surface area contributed by atoms with Gasteiger partial charge in [0.2, 0.25) is 0 Å². The van der Waals surface area contributed by atoms with Crippen LogP contribution >= 0.6 is 0 Å². The van der Waals surface area contributed by atoms with Crippen LogP contribution in [0.25, 0.3) is 0 Å². The Bertz CT molecular complexity index is 551. The molecule has 0 aromatic carbocycles. The van der Waals surface area contributed by atoms with Gasteiger partial charge in [-0.05, 0) is 62.7 Å². The van der Waals surface area contributed by atoms with Gasteiger partial charge in [-0.25, -0.2) is 0 Å². The van der Waals surface area contributed by atoms with E-state index in [4.69, 9.17) is 5.73 Å². The van der Waals surface area contributed by atoms with E-state index in [9.17, 15) is 4.79 Å². The molecule has 0 spiro atoms. The number of H-pyrrole nitrogens is 1. The number of nitrogen functional groups attached to an aromatic ring is 1. The van der Waals surface area contributed by atoms with Crippen LogP contribution in [0.5, 0.6) is 0 Å². The summed E-state index contributed by atoms with van der Waals surface area (Å²) < 4.78 is 0. The quantitative estimate of drug-likeness (QED) is 0.876. The van der Waals surface area contributed by atoms with Crippen molar-refractivity contribution in [1.29, 1.82) is 0 Å². The van der Waals surface area contributed by atoms with Gasteiger partial charge in [-0.2, -0.15) is 5.10 Å². The van der Waals surface area contributed by atoms with Crippen molar-refractivity contribution in [2.24, 2.45) is 23.7 Å². The summed E-state index contributed by atoms with van der Waals surface area (Å²) in [5.41, 5.74) is 7.64. The Morgan fingerprint density at radius 2 is 1.76 bits per heavy atom. The fraction of sp³-hybridized carbons (Fsp3) is 0.750. The number of hydrogen-bond acceptors (Lipinski definition) is 3. The summed E-state index contributed by atoms with van der Waals surface area (Å²) in [6, 6.07) is 0.390. The van der Waals surface area contributed by atoms with Gasteiger partial charge in [0.25, 0.3) is 5.91 Å². The summed E-state index contributed by atoms with van der Waals surface area (Å²) in [5.74, 6) is 3.21. The van der Waals surface area contributed by atoms with Crippen LogP contribution in [-0.2, 0) is 0 Å². The van der Waals surface area contributed by atoms with Crippen LogP contribution in [0.2, 0.25) is 0 Å². The third-order valence-corrected chi connectivity index (χ3v) is 6.14. The smallest absolute Gasteiger partial charge is 0.276 e. The van der Waals surface area contributed by atoms with Gasteiger partial charge in [0.1, 0.15) is 0 Å². The number of carbonyl (C=O) groups is 1. The minimum absolute atomic E-state index is 0.0191. The summed E-state index contributed by atoms with van der Waals surface area (Å²) >= 11 is 0. The van der Waals surface area contributed by atoms with Gasteiger partial charge >= 0.3 is 0 Å². The third-order valence-electron chi connectivity index (χ3n) is 6.14. The van der Waals surface area contributed by atoms with Gasteiger partial charge in [-0.1, -0.05) is 0 Å². The number of nitrogens with two attached hydrogens (primary N) is 1. The van der Waals surface area contributed by atoms with Crippen molar-refractivity contribution in [3.63, 3.8) is 0 Å². The first-order chi connectivity index (χ1) is 10.0. The molecule has 1 amide bonds. The molecule has 4 fully saturated rings. The Kier molecular flexibility index (Phi) is 2.81. The number of hydrogen-bond donors (Lipinski definition) is 2. The molecular weight excluding hydrogens is 264 g/mol. The number of aromatic amines is 1. The van der Waals surface area contributed by atoms with Crippen molar-refractivity contribution in [2.75, 3.05) is 12.8 Å². The van der Waals surface area contributed by atoms with Crippen molar-refractivity contribution in [1.82, 2.24) is 15.1 Å². The lowest BCUT2D eigenvalue weighted by atomic mass is 9.54. The van der Waals surface area contributed by atoms with Crippen molar-refractivity contribution in [3.05, 3.63) is 11.4 Å². The molecule has 4 bridgehead atoms. The van der Waals surface area contributed by atoms with Crippen LogP contribution in [0.4, 0.5) is 5.69 Å². The Labute approximate surface area is 125 Å². The topological polar surface area (TPSA) is 75.0 Å². The van der Waals surface area contributed by atoms with Gasteiger partial charge in [0, 0.05) is 13.1 Å². The molecule has 4 saturated carbocycles. The molecule has 0 aliphatic heterocycles. The number of amides is 1. The first-order valence-electron chi connectivity index (χ1n) is 8.12. The lowest BCUT2D eigenvalue weighted by molar-refractivity contribution is -0.0492. The summed E-state index contributed by atoms with van der Waals surface area (Å²) in [6.07, 6.45) is 6.67. The maximum absolute atomic E-state index is 12.8. The fourth-order valence-corrected chi connectivity index (χ4v) is 5.43. The Hall–Kier alpha value is -1.52. The molecule has 0 atom stereocenters. The van der Waals surface area contributed by atoms with Crippen LogP contribution < -0.4 is 5.73 Å². The average molecular weight is 288 g/mol. The molecule has 5 nitrogen and oxygen atoms in total. The Morgan fingerprint density at radius 3 is 2.24 bits per heavy atom. The van der Waals surface area contributed by atoms with Crippen LogP contribution in [0.3, 0.4) is 0 Å². The molecule has 0 unspecified atom stereocenters. The molecule has 4 aliphatic rings. The first kappa shape index (κ1) is 13.2. The van der Waals surface area contributed by atoms with Gasteiger partial charge in [0.05, 0.1) is 11.4 Å². The summed E-state index contributed by atoms with van der Waals surface area (Å²) in [6.45, 7) is 1.85. The molecule has 1 aromatic heterocycles. The number of rotatable bonds is 2. The van der Waals surface area contributed by atoms with Gasteiger partial charge in [0.15, 0.2) is 5.69 Å². The number of carbonyl (C=O) groups excluding carboxylic acids is 1. The molecule has 114 valence electrons. The highest BCUT2D eigenvalue weighted by molar-refractivity contribution is 5.97. The van der Waals surface area contributed by atoms with E-state index in [0.717, 1.165) is 17.5 Å². The second-order valence-corrected chi connectivity index (χ2v) is 7.45. The van der Waals surface area contributed by atoms with E-state index >= 15 is 0 Å². The van der Waals surface area contributed by atoms with Gasteiger partial charge < -0.3 is 10.6 Å². The zero-order valence-corrected chi connectivity index (χ0v) is 12.8. The van der Waals surface area contributed by atoms with Crippen LogP contribution in [0.15, 0.2) is 0 Å². The lowest BCUT2D eigenvalue weighted by Crippen LogP contribution is -2.56. The van der Waals surface area contributed by atoms with Gasteiger partial charge in [-0.3, -0.25) is 9.89 Å². The largest absolute Gasteiger partial charge is 0.395 e. The molecule has 3 N–H and O–H groups in total. The molecule has 1 aromatic rings. The number of nitrogens with one attached hydrogen (secondary N) is 1. The van der Waals surface area contributed by atoms with E-state index in [-0.39, 0.29) is 5.91 Å². The Morgan fingerprint density at radius 1 is 1.19 bits per heavy atom. The normalized spacial score (nSPS) is 37.0.